The SMILES string of the molecule is COc1cc(OC)cc(OCc2ccoc2CN)c1. The topological polar surface area (TPSA) is 66.8 Å². The summed E-state index contributed by atoms with van der Waals surface area (Å²) in [5.74, 6) is 2.76. The Labute approximate surface area is 111 Å². The summed E-state index contributed by atoms with van der Waals surface area (Å²) in [4.78, 5) is 0. The molecule has 0 unspecified atom stereocenters. The van der Waals surface area contributed by atoms with Crippen molar-refractivity contribution < 1.29 is 18.6 Å². The Morgan fingerprint density at radius 3 is 2.26 bits per heavy atom. The molecule has 0 bridgehead atoms. The van der Waals surface area contributed by atoms with Crippen LogP contribution in [0, 0.1) is 0 Å². The van der Waals surface area contributed by atoms with E-state index in [0.717, 1.165) is 11.3 Å². The van der Waals surface area contributed by atoms with Crippen LogP contribution in [0.2, 0.25) is 0 Å². The Kier molecular flexibility index (Phi) is 4.30. The highest BCUT2D eigenvalue weighted by Gasteiger charge is 2.07. The molecule has 0 amide bonds. The van der Waals surface area contributed by atoms with Gasteiger partial charge in [-0.2, -0.15) is 0 Å². The molecule has 0 saturated heterocycles. The van der Waals surface area contributed by atoms with E-state index in [2.05, 4.69) is 0 Å². The van der Waals surface area contributed by atoms with Gasteiger partial charge >= 0.3 is 0 Å². The maximum atomic E-state index is 5.70. The molecule has 0 aliphatic rings. The summed E-state index contributed by atoms with van der Waals surface area (Å²) < 4.78 is 21.3. The third kappa shape index (κ3) is 3.20. The Hall–Kier alpha value is -2.14. The minimum atomic E-state index is 0.354. The third-order valence-electron chi connectivity index (χ3n) is 2.74. The smallest absolute Gasteiger partial charge is 0.127 e. The van der Waals surface area contributed by atoms with E-state index in [4.69, 9.17) is 24.4 Å². The van der Waals surface area contributed by atoms with Gasteiger partial charge in [-0.1, -0.05) is 0 Å². The minimum Gasteiger partial charge on any atom is -0.496 e. The lowest BCUT2D eigenvalue weighted by Gasteiger charge is -2.10. The van der Waals surface area contributed by atoms with Crippen molar-refractivity contribution in [1.29, 1.82) is 0 Å². The summed E-state index contributed by atoms with van der Waals surface area (Å²) in [5.41, 5.74) is 6.50. The molecule has 19 heavy (non-hydrogen) atoms. The molecule has 5 heteroatoms. The van der Waals surface area contributed by atoms with Crippen molar-refractivity contribution in [2.75, 3.05) is 14.2 Å². The number of benzene rings is 1. The van der Waals surface area contributed by atoms with E-state index in [1.807, 2.05) is 6.07 Å². The Bertz CT molecular complexity index is 514. The average Bonchev–Trinajstić information content (AvgIpc) is 2.92. The molecule has 0 radical (unpaired) electrons. The molecule has 1 heterocycles. The van der Waals surface area contributed by atoms with Crippen molar-refractivity contribution in [1.82, 2.24) is 0 Å². The van der Waals surface area contributed by atoms with E-state index in [1.165, 1.54) is 0 Å². The van der Waals surface area contributed by atoms with Crippen molar-refractivity contribution in [3.8, 4) is 17.2 Å². The summed E-state index contributed by atoms with van der Waals surface area (Å²) in [6.45, 7) is 0.743. The molecule has 0 atom stereocenters. The summed E-state index contributed by atoms with van der Waals surface area (Å²) in [7, 11) is 3.20. The molecule has 5 nitrogen and oxygen atoms in total. The van der Waals surface area contributed by atoms with Gasteiger partial charge in [-0.25, -0.2) is 0 Å². The van der Waals surface area contributed by atoms with E-state index in [-0.39, 0.29) is 0 Å². The number of furan rings is 1. The number of methoxy groups -OCH3 is 2. The average molecular weight is 263 g/mol. The molecule has 0 fully saturated rings. The van der Waals surface area contributed by atoms with E-state index in [9.17, 15) is 0 Å². The van der Waals surface area contributed by atoms with Crippen LogP contribution < -0.4 is 19.9 Å². The van der Waals surface area contributed by atoms with Crippen molar-refractivity contribution >= 4 is 0 Å². The maximum absolute atomic E-state index is 5.70. The van der Waals surface area contributed by atoms with E-state index in [1.54, 1.807) is 38.7 Å². The van der Waals surface area contributed by atoms with E-state index < -0.39 is 0 Å². The van der Waals surface area contributed by atoms with Crippen molar-refractivity contribution in [2.24, 2.45) is 5.73 Å². The van der Waals surface area contributed by atoms with Crippen LogP contribution in [0.15, 0.2) is 34.9 Å². The van der Waals surface area contributed by atoms with Crippen LogP contribution in [0.1, 0.15) is 11.3 Å². The largest absolute Gasteiger partial charge is 0.496 e. The quantitative estimate of drug-likeness (QED) is 0.866. The van der Waals surface area contributed by atoms with Gasteiger partial charge in [0.1, 0.15) is 29.6 Å². The Morgan fingerprint density at radius 1 is 1.05 bits per heavy atom. The molecule has 0 aliphatic heterocycles. The summed E-state index contributed by atoms with van der Waals surface area (Å²) in [6, 6.07) is 7.23. The van der Waals surface area contributed by atoms with Gasteiger partial charge in [0, 0.05) is 23.8 Å². The predicted molar refractivity (Wildman–Crippen MR) is 70.5 cm³/mol. The molecule has 2 aromatic rings. The Balaban J connectivity index is 2.10. The fourth-order valence-corrected chi connectivity index (χ4v) is 1.70. The summed E-state index contributed by atoms with van der Waals surface area (Å²) >= 11 is 0. The molecule has 1 aromatic carbocycles. The molecular weight excluding hydrogens is 246 g/mol. The lowest BCUT2D eigenvalue weighted by molar-refractivity contribution is 0.297. The lowest BCUT2D eigenvalue weighted by atomic mass is 10.2. The van der Waals surface area contributed by atoms with E-state index >= 15 is 0 Å². The fourth-order valence-electron chi connectivity index (χ4n) is 1.70. The van der Waals surface area contributed by atoms with Gasteiger partial charge in [-0.3, -0.25) is 0 Å². The predicted octanol–water partition coefficient (Wildman–Crippen LogP) is 2.33. The van der Waals surface area contributed by atoms with Crippen molar-refractivity contribution in [2.45, 2.75) is 13.2 Å². The highest BCUT2D eigenvalue weighted by molar-refractivity contribution is 5.42. The van der Waals surface area contributed by atoms with Gasteiger partial charge < -0.3 is 24.4 Å². The van der Waals surface area contributed by atoms with E-state index in [0.29, 0.717) is 30.4 Å². The normalized spacial score (nSPS) is 10.3. The zero-order valence-electron chi connectivity index (χ0n) is 11.0. The molecule has 0 spiro atoms. The first-order chi connectivity index (χ1) is 9.26. The van der Waals surface area contributed by atoms with Crippen LogP contribution in [0.3, 0.4) is 0 Å². The standard InChI is InChI=1S/C14H17NO4/c1-16-11-5-12(17-2)7-13(6-11)19-9-10-3-4-18-14(10)8-15/h3-7H,8-9,15H2,1-2H3. The summed E-state index contributed by atoms with van der Waals surface area (Å²) in [6.07, 6.45) is 1.60. The van der Waals surface area contributed by atoms with Gasteiger partial charge in [0.05, 0.1) is 27.0 Å². The van der Waals surface area contributed by atoms with Crippen molar-refractivity contribution in [3.05, 3.63) is 41.9 Å². The van der Waals surface area contributed by atoms with Gasteiger partial charge in [-0.15, -0.1) is 0 Å². The third-order valence-corrected chi connectivity index (χ3v) is 2.74. The van der Waals surface area contributed by atoms with Gasteiger partial charge in [0.2, 0.25) is 0 Å². The Morgan fingerprint density at radius 2 is 1.68 bits per heavy atom. The number of hydrogen-bond donors (Lipinski definition) is 1. The molecule has 102 valence electrons. The number of nitrogens with two attached hydrogens (primary N) is 1. The molecular formula is C14H17NO4. The minimum absolute atomic E-state index is 0.354. The van der Waals surface area contributed by atoms with Gasteiger partial charge in [0.25, 0.3) is 0 Å². The van der Waals surface area contributed by atoms with Gasteiger partial charge in [0.15, 0.2) is 0 Å². The van der Waals surface area contributed by atoms with Crippen molar-refractivity contribution in [3.63, 3.8) is 0 Å². The lowest BCUT2D eigenvalue weighted by Crippen LogP contribution is -2.02. The van der Waals surface area contributed by atoms with Crippen LogP contribution in [0.25, 0.3) is 0 Å². The first kappa shape index (κ1) is 13.3. The highest BCUT2D eigenvalue weighted by Crippen LogP contribution is 2.28. The zero-order valence-corrected chi connectivity index (χ0v) is 11.0. The second kappa shape index (κ2) is 6.15. The molecule has 2 rings (SSSR count). The fraction of sp³-hybridized carbons (Fsp3) is 0.286. The van der Waals surface area contributed by atoms with Gasteiger partial charge in [-0.05, 0) is 6.07 Å². The molecule has 0 saturated carbocycles. The number of hydrogen-bond acceptors (Lipinski definition) is 5. The molecule has 2 N–H and O–H groups in total. The summed E-state index contributed by atoms with van der Waals surface area (Å²) in [5, 5.41) is 0. The van der Waals surface area contributed by atoms with Crippen LogP contribution >= 0.6 is 0 Å². The monoisotopic (exact) mass is 263 g/mol. The zero-order chi connectivity index (χ0) is 13.7. The molecule has 0 aliphatic carbocycles. The van der Waals surface area contributed by atoms with Crippen LogP contribution in [-0.2, 0) is 13.2 Å². The second-order valence-corrected chi connectivity index (χ2v) is 3.91. The number of ether oxygens (including phenoxy) is 3. The van der Waals surface area contributed by atoms with Crippen LogP contribution in [0.4, 0.5) is 0 Å². The number of rotatable bonds is 6. The van der Waals surface area contributed by atoms with Crippen LogP contribution in [-0.4, -0.2) is 14.2 Å². The van der Waals surface area contributed by atoms with Crippen LogP contribution in [0.5, 0.6) is 17.2 Å². The second-order valence-electron chi connectivity index (χ2n) is 3.91. The highest BCUT2D eigenvalue weighted by atomic mass is 16.5. The maximum Gasteiger partial charge on any atom is 0.127 e. The molecule has 1 aromatic heterocycles. The first-order valence-electron chi connectivity index (χ1n) is 5.88. The first-order valence-corrected chi connectivity index (χ1v) is 5.88.